The largest absolute Gasteiger partial charge is 0.477 e. The molecule has 0 aliphatic carbocycles. The van der Waals surface area contributed by atoms with Gasteiger partial charge in [-0.05, 0) is 0 Å². The van der Waals surface area contributed by atoms with Crippen molar-refractivity contribution in [3.05, 3.63) is 23.1 Å². The fraction of sp³-hybridized carbons (Fsp3) is 0.250. The molecule has 0 bridgehead atoms. The van der Waals surface area contributed by atoms with Gasteiger partial charge in [0.15, 0.2) is 11.5 Å². The molecule has 0 aromatic heterocycles. The third-order valence-electron chi connectivity index (χ3n) is 2.02. The maximum atomic E-state index is 10.8. The minimum absolute atomic E-state index is 0.0221. The minimum atomic E-state index is -1.10. The van der Waals surface area contributed by atoms with Crippen molar-refractivity contribution in [2.45, 2.75) is 0 Å². The normalized spacial score (nSPS) is 19.0. The van der Waals surface area contributed by atoms with Crippen LogP contribution in [0.15, 0.2) is 28.1 Å². The number of β-amino-alcohol motifs (C(OH)–C–C–N with tert-alkyl or cyclic N) is 1. The summed E-state index contributed by atoms with van der Waals surface area (Å²) >= 11 is 4.15. The average molecular weight is 242 g/mol. The van der Waals surface area contributed by atoms with Gasteiger partial charge in [0.25, 0.3) is 0 Å². The van der Waals surface area contributed by atoms with Gasteiger partial charge in [-0.2, -0.15) is 0 Å². The number of nitrogens with one attached hydrogen (secondary N) is 1. The maximum Gasteiger partial charge on any atom is 0.354 e. The molecule has 7 nitrogen and oxygen atoms in total. The Bertz CT molecular complexity index is 418. The molecule has 0 unspecified atom stereocenters. The number of thiol groups is 1. The predicted octanol–water partition coefficient (Wildman–Crippen LogP) is -0.875. The molecule has 0 radical (unpaired) electrons. The lowest BCUT2D eigenvalue weighted by Crippen LogP contribution is -2.41. The summed E-state index contributed by atoms with van der Waals surface area (Å²) in [6, 6.07) is 0. The van der Waals surface area contributed by atoms with Gasteiger partial charge in [-0.25, -0.2) is 14.8 Å². The first-order valence-corrected chi connectivity index (χ1v) is 4.95. The molecule has 3 N–H and O–H groups in total. The molecule has 2 heterocycles. The summed E-state index contributed by atoms with van der Waals surface area (Å²) in [5.41, 5.74) is 2.80. The molecule has 0 saturated carbocycles. The molecule has 0 fully saturated rings. The first-order chi connectivity index (χ1) is 7.61. The highest BCUT2D eigenvalue weighted by Gasteiger charge is 2.27. The van der Waals surface area contributed by atoms with Gasteiger partial charge in [0.05, 0.1) is 24.4 Å². The molecule has 0 aromatic rings. The van der Waals surface area contributed by atoms with Gasteiger partial charge in [0, 0.05) is 6.08 Å². The summed E-state index contributed by atoms with van der Waals surface area (Å²) in [6.07, 6.45) is 2.95. The number of hydrogen-bond donors (Lipinski definition) is 4. The van der Waals surface area contributed by atoms with Crippen LogP contribution in [0, 0.1) is 0 Å². The molecule has 0 amide bonds. The number of carbonyl (C=O) groups is 1. The Hall–Kier alpha value is -1.51. The molecule has 0 aromatic carbocycles. The van der Waals surface area contributed by atoms with Crippen LogP contribution in [0.4, 0.5) is 0 Å². The van der Waals surface area contributed by atoms with Crippen molar-refractivity contribution in [3.8, 4) is 0 Å². The van der Waals surface area contributed by atoms with Crippen LogP contribution in [-0.2, 0) is 4.79 Å². The molecule has 8 heteroatoms. The number of rotatable bonds is 3. The fourth-order valence-corrected chi connectivity index (χ4v) is 1.60. The Balaban J connectivity index is 2.25. The van der Waals surface area contributed by atoms with Crippen molar-refractivity contribution >= 4 is 24.3 Å². The van der Waals surface area contributed by atoms with E-state index in [0.29, 0.717) is 17.4 Å². The summed E-state index contributed by atoms with van der Waals surface area (Å²) in [4.78, 5) is 14.7. The Kier molecular flexibility index (Phi) is 2.86. The van der Waals surface area contributed by atoms with Crippen molar-refractivity contribution in [2.75, 3.05) is 13.2 Å². The Labute approximate surface area is 96.7 Å². The Morgan fingerprint density at radius 3 is 3.00 bits per heavy atom. The Morgan fingerprint density at radius 1 is 1.62 bits per heavy atom. The van der Waals surface area contributed by atoms with Crippen LogP contribution < -0.4 is 5.53 Å². The van der Waals surface area contributed by atoms with Crippen molar-refractivity contribution in [1.29, 1.82) is 0 Å². The van der Waals surface area contributed by atoms with Gasteiger partial charge in [-0.1, -0.05) is 0 Å². The molecule has 0 atom stereocenters. The van der Waals surface area contributed by atoms with Gasteiger partial charge >= 0.3 is 5.97 Å². The fourth-order valence-electron chi connectivity index (χ4n) is 1.33. The zero-order valence-corrected chi connectivity index (χ0v) is 9.05. The smallest absolute Gasteiger partial charge is 0.354 e. The lowest BCUT2D eigenvalue weighted by molar-refractivity contribution is -0.129. The standard InChI is InChI=1S/C8H10N4O3S/c13-2-1-11-4-6-9-5(8(14)15)3-7(16)12(6)10-11/h3-4,10,13,16H,1-2H2,(H,14,15). The number of nitrogens with zero attached hydrogens (tertiary/aromatic N) is 3. The van der Waals surface area contributed by atoms with Gasteiger partial charge in [-0.3, -0.25) is 5.01 Å². The highest BCUT2D eigenvalue weighted by Crippen LogP contribution is 2.24. The van der Waals surface area contributed by atoms with E-state index in [1.54, 1.807) is 11.2 Å². The second kappa shape index (κ2) is 4.16. The maximum absolute atomic E-state index is 10.8. The highest BCUT2D eigenvalue weighted by atomic mass is 32.1. The number of carboxylic acid groups (broad SMARTS) is 1. The molecular formula is C8H10N4O3S. The van der Waals surface area contributed by atoms with Crippen LogP contribution in [-0.4, -0.2) is 45.1 Å². The second-order valence-electron chi connectivity index (χ2n) is 3.14. The molecule has 2 aliphatic rings. The quantitative estimate of drug-likeness (QED) is 0.481. The molecule has 0 spiro atoms. The van der Waals surface area contributed by atoms with Crippen molar-refractivity contribution < 1.29 is 15.0 Å². The van der Waals surface area contributed by atoms with E-state index in [9.17, 15) is 4.79 Å². The second-order valence-corrected chi connectivity index (χ2v) is 3.60. The van der Waals surface area contributed by atoms with E-state index in [4.69, 9.17) is 10.2 Å². The summed E-state index contributed by atoms with van der Waals surface area (Å²) < 4.78 is 0. The monoisotopic (exact) mass is 242 g/mol. The summed E-state index contributed by atoms with van der Waals surface area (Å²) in [7, 11) is 0. The molecule has 16 heavy (non-hydrogen) atoms. The SMILES string of the molecule is O=C(O)C1=NC2=CN(CCO)NN2C(S)=C1. The van der Waals surface area contributed by atoms with Crippen molar-refractivity contribution in [3.63, 3.8) is 0 Å². The van der Waals surface area contributed by atoms with Gasteiger partial charge in [-0.15, -0.1) is 18.2 Å². The molecule has 2 rings (SSSR count). The molecular weight excluding hydrogens is 232 g/mol. The number of carboxylic acids is 1. The van der Waals surface area contributed by atoms with Crippen LogP contribution in [0.1, 0.15) is 0 Å². The average Bonchev–Trinajstić information content (AvgIpc) is 2.61. The third-order valence-corrected chi connectivity index (χ3v) is 2.35. The number of hydrazine groups is 2. The van der Waals surface area contributed by atoms with Crippen LogP contribution in [0.25, 0.3) is 0 Å². The van der Waals surface area contributed by atoms with Crippen LogP contribution in [0.3, 0.4) is 0 Å². The molecule has 86 valence electrons. The first kappa shape index (κ1) is 11.0. The number of hydrogen-bond acceptors (Lipinski definition) is 7. The zero-order valence-electron chi connectivity index (χ0n) is 8.16. The van der Waals surface area contributed by atoms with Crippen LogP contribution in [0.5, 0.6) is 0 Å². The topological polar surface area (TPSA) is 88.4 Å². The van der Waals surface area contributed by atoms with Gasteiger partial charge in [0.1, 0.15) is 0 Å². The third kappa shape index (κ3) is 1.90. The summed E-state index contributed by atoms with van der Waals surface area (Å²) in [6.45, 7) is 0.352. The first-order valence-electron chi connectivity index (χ1n) is 4.50. The highest BCUT2D eigenvalue weighted by molar-refractivity contribution is 7.84. The zero-order chi connectivity index (χ0) is 11.7. The van der Waals surface area contributed by atoms with E-state index in [1.165, 1.54) is 11.1 Å². The van der Waals surface area contributed by atoms with Crippen LogP contribution >= 0.6 is 12.6 Å². The van der Waals surface area contributed by atoms with E-state index < -0.39 is 5.97 Å². The van der Waals surface area contributed by atoms with E-state index in [-0.39, 0.29) is 12.3 Å². The molecule has 2 aliphatic heterocycles. The summed E-state index contributed by atoms with van der Waals surface area (Å²) in [5.74, 6) is -0.675. The van der Waals surface area contributed by atoms with Gasteiger partial charge in [0.2, 0.25) is 0 Å². The minimum Gasteiger partial charge on any atom is -0.477 e. The predicted molar refractivity (Wildman–Crippen MR) is 59.0 cm³/mol. The van der Waals surface area contributed by atoms with E-state index >= 15 is 0 Å². The summed E-state index contributed by atoms with van der Waals surface area (Å²) in [5, 5.41) is 21.1. The lowest BCUT2D eigenvalue weighted by atomic mass is 10.3. The van der Waals surface area contributed by atoms with Gasteiger partial charge < -0.3 is 10.2 Å². The van der Waals surface area contributed by atoms with Crippen molar-refractivity contribution in [1.82, 2.24) is 15.6 Å². The Morgan fingerprint density at radius 2 is 2.38 bits per heavy atom. The number of aliphatic carboxylic acids is 1. The number of fused-ring (bicyclic) bond motifs is 1. The lowest BCUT2D eigenvalue weighted by Gasteiger charge is -2.24. The van der Waals surface area contributed by atoms with E-state index in [1.807, 2.05) is 0 Å². The van der Waals surface area contributed by atoms with E-state index in [2.05, 4.69) is 23.2 Å². The van der Waals surface area contributed by atoms with Crippen LogP contribution in [0.2, 0.25) is 0 Å². The number of aliphatic hydroxyl groups is 1. The molecule has 0 saturated heterocycles. The van der Waals surface area contributed by atoms with Crippen molar-refractivity contribution in [2.24, 2.45) is 4.99 Å². The number of aliphatic hydroxyl groups excluding tert-OH is 1. The number of aliphatic imine (C=N–C) groups is 1. The van der Waals surface area contributed by atoms with E-state index in [0.717, 1.165) is 0 Å².